The van der Waals surface area contributed by atoms with Crippen LogP contribution in [0.25, 0.3) is 0 Å². The molecule has 0 aliphatic carbocycles. The van der Waals surface area contributed by atoms with Crippen molar-refractivity contribution < 1.29 is 4.79 Å². The highest BCUT2D eigenvalue weighted by atomic mass is 35.5. The second kappa shape index (κ2) is 9.38. The third-order valence-corrected chi connectivity index (χ3v) is 4.83. The number of nitrogens with two attached hydrogens (primary N) is 1. The summed E-state index contributed by atoms with van der Waals surface area (Å²) in [5.41, 5.74) is 8.24. The third-order valence-electron chi connectivity index (χ3n) is 3.59. The van der Waals surface area contributed by atoms with E-state index in [2.05, 4.69) is 25.6 Å². The molecule has 3 aromatic rings. The number of hydrogen-bond acceptors (Lipinski definition) is 7. The lowest BCUT2D eigenvalue weighted by molar-refractivity contribution is -0.113. The summed E-state index contributed by atoms with van der Waals surface area (Å²) in [6.45, 7) is 1.94. The molecule has 7 nitrogen and oxygen atoms in total. The van der Waals surface area contributed by atoms with Crippen molar-refractivity contribution in [3.05, 3.63) is 64.9 Å². The van der Waals surface area contributed by atoms with Crippen LogP contribution in [0, 0.1) is 6.92 Å². The lowest BCUT2D eigenvalue weighted by atomic mass is 10.2. The normalized spacial score (nSPS) is 10.5. The summed E-state index contributed by atoms with van der Waals surface area (Å²) in [6, 6.07) is 15.0. The van der Waals surface area contributed by atoms with Gasteiger partial charge in [0.15, 0.2) is 0 Å². The predicted octanol–water partition coefficient (Wildman–Crippen LogP) is 4.03. The quantitative estimate of drug-likeness (QED) is 0.535. The molecule has 0 unspecified atom stereocenters. The van der Waals surface area contributed by atoms with Gasteiger partial charge >= 0.3 is 0 Å². The highest BCUT2D eigenvalue weighted by Crippen LogP contribution is 2.23. The number of thioether (sulfide) groups is 1. The Labute approximate surface area is 172 Å². The summed E-state index contributed by atoms with van der Waals surface area (Å²) in [7, 11) is 0. The van der Waals surface area contributed by atoms with Gasteiger partial charge in [-0.2, -0.15) is 15.0 Å². The molecule has 4 N–H and O–H groups in total. The first-order valence-electron chi connectivity index (χ1n) is 8.46. The van der Waals surface area contributed by atoms with E-state index in [0.717, 1.165) is 11.3 Å². The van der Waals surface area contributed by atoms with E-state index >= 15 is 0 Å². The number of nitrogens with one attached hydrogen (secondary N) is 2. The van der Waals surface area contributed by atoms with E-state index in [1.807, 2.05) is 43.3 Å². The van der Waals surface area contributed by atoms with Gasteiger partial charge in [0.2, 0.25) is 17.8 Å². The summed E-state index contributed by atoms with van der Waals surface area (Å²) in [4.78, 5) is 24.7. The van der Waals surface area contributed by atoms with Crippen LogP contribution < -0.4 is 16.4 Å². The van der Waals surface area contributed by atoms with Gasteiger partial charge in [0.1, 0.15) is 5.82 Å². The van der Waals surface area contributed by atoms with Gasteiger partial charge < -0.3 is 16.4 Å². The number of anilines is 4. The molecule has 1 heterocycles. The van der Waals surface area contributed by atoms with Crippen LogP contribution in [0.3, 0.4) is 0 Å². The van der Waals surface area contributed by atoms with Gasteiger partial charge in [0.25, 0.3) is 0 Å². The average molecular weight is 415 g/mol. The minimum atomic E-state index is -0.152. The highest BCUT2D eigenvalue weighted by molar-refractivity contribution is 7.99. The van der Waals surface area contributed by atoms with Crippen LogP contribution in [-0.2, 0) is 10.5 Å². The number of halogens is 1. The third kappa shape index (κ3) is 5.83. The molecular weight excluding hydrogens is 396 g/mol. The van der Waals surface area contributed by atoms with Crippen LogP contribution in [-0.4, -0.2) is 26.6 Å². The summed E-state index contributed by atoms with van der Waals surface area (Å²) < 4.78 is 0. The van der Waals surface area contributed by atoms with Crippen molar-refractivity contribution in [2.24, 2.45) is 0 Å². The lowest BCUT2D eigenvalue weighted by Gasteiger charge is -2.08. The van der Waals surface area contributed by atoms with Crippen molar-refractivity contribution in [3.8, 4) is 0 Å². The molecule has 2 aromatic carbocycles. The lowest BCUT2D eigenvalue weighted by Crippen LogP contribution is -2.15. The van der Waals surface area contributed by atoms with Crippen molar-refractivity contribution in [3.63, 3.8) is 0 Å². The summed E-state index contributed by atoms with van der Waals surface area (Å²) >= 11 is 7.51. The van der Waals surface area contributed by atoms with Gasteiger partial charge in [-0.1, -0.05) is 35.9 Å². The number of nitrogens with zero attached hydrogens (tertiary/aromatic N) is 3. The molecule has 0 fully saturated rings. The van der Waals surface area contributed by atoms with Crippen molar-refractivity contribution in [2.45, 2.75) is 12.7 Å². The minimum Gasteiger partial charge on any atom is -0.368 e. The zero-order valence-electron chi connectivity index (χ0n) is 15.1. The first kappa shape index (κ1) is 19.9. The van der Waals surface area contributed by atoms with E-state index in [0.29, 0.717) is 28.2 Å². The molecule has 0 bridgehead atoms. The molecule has 0 aliphatic rings. The molecule has 1 aromatic heterocycles. The second-order valence-electron chi connectivity index (χ2n) is 5.95. The van der Waals surface area contributed by atoms with Crippen LogP contribution in [0.4, 0.5) is 23.3 Å². The van der Waals surface area contributed by atoms with Gasteiger partial charge in [-0.05, 0) is 36.8 Å². The molecule has 3 rings (SSSR count). The number of nitrogen functional groups attached to an aromatic ring is 1. The maximum atomic E-state index is 12.1. The largest absolute Gasteiger partial charge is 0.368 e. The Bertz CT molecular complexity index is 970. The predicted molar refractivity (Wildman–Crippen MR) is 115 cm³/mol. The van der Waals surface area contributed by atoms with Crippen LogP contribution in [0.1, 0.15) is 11.4 Å². The second-order valence-corrected chi connectivity index (χ2v) is 7.34. The van der Waals surface area contributed by atoms with Gasteiger partial charge in [-0.25, -0.2) is 0 Å². The summed E-state index contributed by atoms with van der Waals surface area (Å²) in [5, 5.41) is 6.39. The fraction of sp³-hybridized carbons (Fsp3) is 0.158. The first-order valence-corrected chi connectivity index (χ1v) is 9.99. The molecule has 0 atom stereocenters. The Morgan fingerprint density at radius 2 is 1.93 bits per heavy atom. The van der Waals surface area contributed by atoms with E-state index in [-0.39, 0.29) is 17.6 Å². The molecule has 0 spiro atoms. The van der Waals surface area contributed by atoms with Gasteiger partial charge in [-0.15, -0.1) is 11.8 Å². The zero-order valence-corrected chi connectivity index (χ0v) is 16.7. The Hall–Kier alpha value is -2.84. The Kier molecular flexibility index (Phi) is 6.67. The molecule has 28 heavy (non-hydrogen) atoms. The zero-order chi connectivity index (χ0) is 19.9. The number of amides is 1. The highest BCUT2D eigenvalue weighted by Gasteiger charge is 2.09. The van der Waals surface area contributed by atoms with E-state index in [4.69, 9.17) is 17.3 Å². The first-order chi connectivity index (χ1) is 13.5. The Balaban J connectivity index is 1.54. The number of rotatable bonds is 7. The summed E-state index contributed by atoms with van der Waals surface area (Å²) in [6.07, 6.45) is 0. The minimum absolute atomic E-state index is 0.125. The van der Waals surface area contributed by atoms with Crippen LogP contribution in [0.2, 0.25) is 5.02 Å². The van der Waals surface area contributed by atoms with Crippen molar-refractivity contribution >= 4 is 52.5 Å². The van der Waals surface area contributed by atoms with Crippen molar-refractivity contribution in [1.29, 1.82) is 0 Å². The maximum absolute atomic E-state index is 12.1. The Morgan fingerprint density at radius 3 is 2.68 bits per heavy atom. The molecular formula is C19H19ClN6OS. The maximum Gasteiger partial charge on any atom is 0.234 e. The van der Waals surface area contributed by atoms with E-state index in [1.165, 1.54) is 11.8 Å². The van der Waals surface area contributed by atoms with Crippen molar-refractivity contribution in [1.82, 2.24) is 15.0 Å². The van der Waals surface area contributed by atoms with E-state index in [9.17, 15) is 4.79 Å². The monoisotopic (exact) mass is 414 g/mol. The number of benzene rings is 2. The van der Waals surface area contributed by atoms with Gasteiger partial charge in [0, 0.05) is 5.69 Å². The number of aryl methyl sites for hydroxylation is 1. The molecule has 144 valence electrons. The standard InChI is InChI=1S/C19H19ClN6OS/c1-12-7-8-15(14(20)9-12)23-17(27)11-28-10-16-24-18(21)26-19(25-16)22-13-5-3-2-4-6-13/h2-9H,10-11H2,1H3,(H,23,27)(H3,21,22,24,25,26). The fourth-order valence-electron chi connectivity index (χ4n) is 2.35. The van der Waals surface area contributed by atoms with E-state index in [1.54, 1.807) is 12.1 Å². The molecule has 0 saturated carbocycles. The van der Waals surface area contributed by atoms with E-state index < -0.39 is 0 Å². The van der Waals surface area contributed by atoms with Gasteiger partial charge in [0.05, 0.1) is 22.2 Å². The number of hydrogen-bond donors (Lipinski definition) is 3. The molecule has 0 aliphatic heterocycles. The smallest absolute Gasteiger partial charge is 0.234 e. The summed E-state index contributed by atoms with van der Waals surface area (Å²) in [5.74, 6) is 1.49. The van der Waals surface area contributed by atoms with Crippen LogP contribution >= 0.6 is 23.4 Å². The molecule has 0 saturated heterocycles. The average Bonchev–Trinajstić information content (AvgIpc) is 2.64. The van der Waals surface area contributed by atoms with Crippen LogP contribution in [0.5, 0.6) is 0 Å². The number of para-hydroxylation sites is 1. The Morgan fingerprint density at radius 1 is 1.14 bits per heavy atom. The number of carbonyl (C=O) groups excluding carboxylic acids is 1. The molecule has 1 amide bonds. The number of aromatic nitrogens is 3. The van der Waals surface area contributed by atoms with Crippen molar-refractivity contribution in [2.75, 3.05) is 22.1 Å². The van der Waals surface area contributed by atoms with Crippen LogP contribution in [0.15, 0.2) is 48.5 Å². The molecule has 9 heteroatoms. The molecule has 0 radical (unpaired) electrons. The number of carbonyl (C=O) groups is 1. The fourth-order valence-corrected chi connectivity index (χ4v) is 3.31. The SMILES string of the molecule is Cc1ccc(NC(=O)CSCc2nc(N)nc(Nc3ccccc3)n2)c(Cl)c1. The topological polar surface area (TPSA) is 106 Å². The van der Waals surface area contributed by atoms with Gasteiger partial charge in [-0.3, -0.25) is 4.79 Å².